The Hall–Kier alpha value is -1.62. The van der Waals surface area contributed by atoms with Crippen LogP contribution in [0.1, 0.15) is 45.2 Å². The highest BCUT2D eigenvalue weighted by atomic mass is 32.1. The maximum atomic E-state index is 12.7. The monoisotopic (exact) mass is 276 g/mol. The highest BCUT2D eigenvalue weighted by Gasteiger charge is 2.31. The Bertz CT molecular complexity index is 610. The lowest BCUT2D eigenvalue weighted by Gasteiger charge is -2.33. The largest absolute Gasteiger partial charge is 0.361 e. The van der Waals surface area contributed by atoms with E-state index in [4.69, 9.17) is 4.52 Å². The number of aryl methyl sites for hydroxylation is 2. The molecule has 0 saturated heterocycles. The van der Waals surface area contributed by atoms with E-state index in [2.05, 4.69) is 23.5 Å². The van der Waals surface area contributed by atoms with Gasteiger partial charge in [0.2, 0.25) is 0 Å². The van der Waals surface area contributed by atoms with Crippen LogP contribution in [0.15, 0.2) is 16.0 Å². The first-order chi connectivity index (χ1) is 9.09. The Morgan fingerprint density at radius 3 is 3.00 bits per heavy atom. The molecule has 3 rings (SSSR count). The molecule has 1 aliphatic rings. The minimum Gasteiger partial charge on any atom is -0.361 e. The molecule has 3 heterocycles. The zero-order valence-electron chi connectivity index (χ0n) is 11.3. The minimum absolute atomic E-state index is 0.0283. The minimum atomic E-state index is 0.0283. The van der Waals surface area contributed by atoms with E-state index in [9.17, 15) is 4.79 Å². The molecule has 0 radical (unpaired) electrons. The Balaban J connectivity index is 1.94. The fraction of sp³-hybridized carbons (Fsp3) is 0.429. The van der Waals surface area contributed by atoms with Gasteiger partial charge in [0.1, 0.15) is 11.3 Å². The molecular weight excluding hydrogens is 260 g/mol. The summed E-state index contributed by atoms with van der Waals surface area (Å²) >= 11 is 1.78. The molecule has 1 aliphatic heterocycles. The summed E-state index contributed by atoms with van der Waals surface area (Å²) in [4.78, 5) is 16.0. The molecule has 0 N–H and O–H groups in total. The van der Waals surface area contributed by atoms with E-state index in [-0.39, 0.29) is 11.9 Å². The Labute approximate surface area is 116 Å². The molecular formula is C14H16N2O2S. The van der Waals surface area contributed by atoms with Crippen molar-refractivity contribution < 1.29 is 9.32 Å². The van der Waals surface area contributed by atoms with Gasteiger partial charge in [0.05, 0.1) is 11.7 Å². The van der Waals surface area contributed by atoms with Gasteiger partial charge in [-0.25, -0.2) is 0 Å². The Kier molecular flexibility index (Phi) is 2.93. The van der Waals surface area contributed by atoms with E-state index in [1.54, 1.807) is 18.3 Å². The van der Waals surface area contributed by atoms with Gasteiger partial charge in [-0.2, -0.15) is 0 Å². The van der Waals surface area contributed by atoms with Gasteiger partial charge in [-0.15, -0.1) is 11.3 Å². The van der Waals surface area contributed by atoms with E-state index in [0.29, 0.717) is 17.0 Å². The van der Waals surface area contributed by atoms with Gasteiger partial charge in [-0.1, -0.05) is 5.16 Å². The number of hydrogen-bond acceptors (Lipinski definition) is 4. The summed E-state index contributed by atoms with van der Waals surface area (Å²) in [7, 11) is 0. The van der Waals surface area contributed by atoms with Crippen LogP contribution in [0.3, 0.4) is 0 Å². The lowest BCUT2D eigenvalue weighted by Crippen LogP contribution is -2.38. The van der Waals surface area contributed by atoms with Crippen LogP contribution in [-0.4, -0.2) is 22.5 Å². The summed E-state index contributed by atoms with van der Waals surface area (Å²) in [6.45, 7) is 6.45. The standard InChI is InChI=1S/C14H16N2O2S/c1-8-13(10(3)18-15-8)14(17)16-6-4-12-11(9(16)2)5-7-19-12/h5,7,9H,4,6H2,1-3H3/t9-/m1/s1. The predicted octanol–water partition coefficient (Wildman–Crippen LogP) is 3.11. The van der Waals surface area contributed by atoms with Crippen molar-refractivity contribution in [2.24, 2.45) is 0 Å². The van der Waals surface area contributed by atoms with Crippen LogP contribution in [0.5, 0.6) is 0 Å². The molecule has 19 heavy (non-hydrogen) atoms. The fourth-order valence-corrected chi connectivity index (χ4v) is 3.68. The maximum absolute atomic E-state index is 12.7. The molecule has 0 unspecified atom stereocenters. The number of carbonyl (C=O) groups is 1. The summed E-state index contributed by atoms with van der Waals surface area (Å²) in [6.07, 6.45) is 0.937. The third kappa shape index (κ3) is 1.89. The molecule has 4 nitrogen and oxygen atoms in total. The highest BCUT2D eigenvalue weighted by molar-refractivity contribution is 7.10. The van der Waals surface area contributed by atoms with Crippen molar-refractivity contribution >= 4 is 17.2 Å². The van der Waals surface area contributed by atoms with Crippen molar-refractivity contribution in [3.8, 4) is 0 Å². The highest BCUT2D eigenvalue weighted by Crippen LogP contribution is 2.34. The molecule has 0 aliphatic carbocycles. The summed E-state index contributed by atoms with van der Waals surface area (Å²) in [5.41, 5.74) is 2.56. The molecule has 1 amide bonds. The molecule has 2 aromatic heterocycles. The molecule has 0 spiro atoms. The van der Waals surface area contributed by atoms with Crippen molar-refractivity contribution in [1.29, 1.82) is 0 Å². The Morgan fingerprint density at radius 1 is 1.53 bits per heavy atom. The number of amides is 1. The fourth-order valence-electron chi connectivity index (χ4n) is 2.72. The lowest BCUT2D eigenvalue weighted by atomic mass is 10.00. The third-order valence-electron chi connectivity index (χ3n) is 3.79. The van der Waals surface area contributed by atoms with E-state index in [1.807, 2.05) is 11.8 Å². The van der Waals surface area contributed by atoms with Gasteiger partial charge in [0.15, 0.2) is 0 Å². The van der Waals surface area contributed by atoms with Gasteiger partial charge < -0.3 is 9.42 Å². The van der Waals surface area contributed by atoms with E-state index < -0.39 is 0 Å². The van der Waals surface area contributed by atoms with Gasteiger partial charge in [-0.3, -0.25) is 4.79 Å². The van der Waals surface area contributed by atoms with E-state index >= 15 is 0 Å². The van der Waals surface area contributed by atoms with Crippen LogP contribution in [0.2, 0.25) is 0 Å². The topological polar surface area (TPSA) is 46.3 Å². The molecule has 1 atom stereocenters. The smallest absolute Gasteiger partial charge is 0.259 e. The van der Waals surface area contributed by atoms with Crippen LogP contribution in [0.25, 0.3) is 0 Å². The normalized spacial score (nSPS) is 18.5. The first kappa shape index (κ1) is 12.4. The maximum Gasteiger partial charge on any atom is 0.259 e. The van der Waals surface area contributed by atoms with Crippen LogP contribution in [-0.2, 0) is 6.42 Å². The molecule has 2 aromatic rings. The first-order valence-corrected chi connectivity index (χ1v) is 7.27. The van der Waals surface area contributed by atoms with Gasteiger partial charge in [0, 0.05) is 11.4 Å². The molecule has 100 valence electrons. The van der Waals surface area contributed by atoms with E-state index in [0.717, 1.165) is 13.0 Å². The predicted molar refractivity (Wildman–Crippen MR) is 73.5 cm³/mol. The number of thiophene rings is 1. The van der Waals surface area contributed by atoms with E-state index in [1.165, 1.54) is 10.4 Å². The van der Waals surface area contributed by atoms with Gasteiger partial charge in [-0.05, 0) is 44.2 Å². The average molecular weight is 276 g/mol. The van der Waals surface area contributed by atoms with Crippen molar-refractivity contribution in [2.75, 3.05) is 6.54 Å². The number of nitrogens with zero attached hydrogens (tertiary/aromatic N) is 2. The van der Waals surface area contributed by atoms with Crippen LogP contribution < -0.4 is 0 Å². The van der Waals surface area contributed by atoms with Crippen LogP contribution in [0.4, 0.5) is 0 Å². The number of fused-ring (bicyclic) bond motifs is 1. The van der Waals surface area contributed by atoms with Gasteiger partial charge in [0.25, 0.3) is 5.91 Å². The second kappa shape index (κ2) is 4.49. The Morgan fingerprint density at radius 2 is 2.32 bits per heavy atom. The molecule has 0 aromatic carbocycles. The van der Waals surface area contributed by atoms with Crippen molar-refractivity contribution in [1.82, 2.24) is 10.1 Å². The molecule has 0 bridgehead atoms. The quantitative estimate of drug-likeness (QED) is 0.804. The number of hydrogen-bond donors (Lipinski definition) is 0. The second-order valence-electron chi connectivity index (χ2n) is 4.92. The second-order valence-corrected chi connectivity index (χ2v) is 5.92. The number of rotatable bonds is 1. The van der Waals surface area contributed by atoms with Crippen LogP contribution in [0, 0.1) is 13.8 Å². The van der Waals surface area contributed by atoms with Crippen molar-refractivity contribution in [3.63, 3.8) is 0 Å². The molecule has 0 fully saturated rings. The number of carbonyl (C=O) groups excluding carboxylic acids is 1. The summed E-state index contributed by atoms with van der Waals surface area (Å²) in [6, 6.07) is 2.24. The molecule has 5 heteroatoms. The SMILES string of the molecule is Cc1noc(C)c1C(=O)N1CCc2sccc2[C@H]1C. The lowest BCUT2D eigenvalue weighted by molar-refractivity contribution is 0.0677. The van der Waals surface area contributed by atoms with Crippen molar-refractivity contribution in [2.45, 2.75) is 33.2 Å². The third-order valence-corrected chi connectivity index (χ3v) is 4.78. The summed E-state index contributed by atoms with van der Waals surface area (Å²) in [5, 5.41) is 5.97. The summed E-state index contributed by atoms with van der Waals surface area (Å²) in [5.74, 6) is 0.631. The van der Waals surface area contributed by atoms with Gasteiger partial charge >= 0.3 is 0 Å². The average Bonchev–Trinajstić information content (AvgIpc) is 2.97. The first-order valence-electron chi connectivity index (χ1n) is 6.39. The van der Waals surface area contributed by atoms with Crippen molar-refractivity contribution in [3.05, 3.63) is 38.9 Å². The zero-order valence-corrected chi connectivity index (χ0v) is 12.1. The summed E-state index contributed by atoms with van der Waals surface area (Å²) < 4.78 is 5.10. The number of aromatic nitrogens is 1. The zero-order chi connectivity index (χ0) is 13.6. The molecule has 0 saturated carbocycles. The van der Waals surface area contributed by atoms with Crippen LogP contribution >= 0.6 is 11.3 Å².